The van der Waals surface area contributed by atoms with Crippen molar-refractivity contribution in [3.05, 3.63) is 53.9 Å². The molecule has 0 saturated carbocycles. The Hall–Kier alpha value is -2.93. The molecule has 0 atom stereocenters. The number of aromatic nitrogens is 1. The Labute approximate surface area is 141 Å². The van der Waals surface area contributed by atoms with Crippen LogP contribution in [-0.4, -0.2) is 40.8 Å². The maximum absolute atomic E-state index is 11.8. The molecule has 1 aromatic carbocycles. The summed E-state index contributed by atoms with van der Waals surface area (Å²) in [6.45, 7) is 5.85. The largest absolute Gasteiger partial charge is 0.507 e. The average Bonchev–Trinajstić information content (AvgIpc) is 2.58. The molecule has 2 aromatic rings. The third-order valence-electron chi connectivity index (χ3n) is 3.45. The van der Waals surface area contributed by atoms with E-state index in [1.54, 1.807) is 24.3 Å². The summed E-state index contributed by atoms with van der Waals surface area (Å²) in [7, 11) is 0. The van der Waals surface area contributed by atoms with Gasteiger partial charge in [-0.2, -0.15) is 5.10 Å². The molecule has 0 bridgehead atoms. The maximum atomic E-state index is 11.8. The highest BCUT2D eigenvalue weighted by molar-refractivity contribution is 5.95. The fourth-order valence-corrected chi connectivity index (χ4v) is 2.15. The van der Waals surface area contributed by atoms with Crippen molar-refractivity contribution in [2.24, 2.45) is 5.10 Å². The molecule has 24 heavy (non-hydrogen) atoms. The Morgan fingerprint density at radius 2 is 1.92 bits per heavy atom. The number of pyridine rings is 1. The number of rotatable bonds is 6. The topological polar surface area (TPSA) is 109 Å². The summed E-state index contributed by atoms with van der Waals surface area (Å²) in [5, 5.41) is 13.9. The molecule has 1 aromatic heterocycles. The number of hydrogen-bond donors (Lipinski definition) is 2. The van der Waals surface area contributed by atoms with Gasteiger partial charge in [0.15, 0.2) is 0 Å². The quantitative estimate of drug-likeness (QED) is 0.619. The zero-order valence-corrected chi connectivity index (χ0v) is 13.7. The predicted octanol–water partition coefficient (Wildman–Crippen LogP) is 1.57. The van der Waals surface area contributed by atoms with E-state index < -0.39 is 0 Å². The van der Waals surface area contributed by atoms with Gasteiger partial charge in [0, 0.05) is 48.4 Å². The van der Waals surface area contributed by atoms with Crippen LogP contribution in [0.1, 0.15) is 29.8 Å². The Kier molecular flexibility index (Phi) is 7.38. The molecule has 128 valence electrons. The second kappa shape index (κ2) is 9.26. The van der Waals surface area contributed by atoms with Gasteiger partial charge in [-0.25, -0.2) is 5.43 Å². The minimum absolute atomic E-state index is 0. The third-order valence-corrected chi connectivity index (χ3v) is 3.45. The van der Waals surface area contributed by atoms with E-state index in [0.717, 1.165) is 18.8 Å². The lowest BCUT2D eigenvalue weighted by atomic mass is 10.2. The third kappa shape index (κ3) is 4.79. The number of phenols is 1. The molecule has 0 saturated heterocycles. The first-order valence-electron chi connectivity index (χ1n) is 7.47. The molecule has 0 aliphatic rings. The van der Waals surface area contributed by atoms with E-state index in [9.17, 15) is 9.90 Å². The van der Waals surface area contributed by atoms with Gasteiger partial charge in [-0.1, -0.05) is 0 Å². The highest BCUT2D eigenvalue weighted by atomic mass is 16.3. The summed E-state index contributed by atoms with van der Waals surface area (Å²) in [6.07, 6.45) is 4.49. The zero-order valence-electron chi connectivity index (χ0n) is 13.7. The Bertz CT molecular complexity index is 685. The number of hydrogen-bond acceptors (Lipinski definition) is 5. The van der Waals surface area contributed by atoms with Crippen molar-refractivity contribution in [2.75, 3.05) is 18.0 Å². The van der Waals surface area contributed by atoms with Crippen molar-refractivity contribution in [3.8, 4) is 5.75 Å². The fraction of sp³-hybridized carbons (Fsp3) is 0.235. The summed E-state index contributed by atoms with van der Waals surface area (Å²) in [6, 6.07) is 8.57. The van der Waals surface area contributed by atoms with Gasteiger partial charge in [-0.3, -0.25) is 9.78 Å². The fourth-order valence-electron chi connectivity index (χ4n) is 2.15. The highest BCUT2D eigenvalue weighted by Crippen LogP contribution is 2.23. The van der Waals surface area contributed by atoms with Crippen molar-refractivity contribution in [1.82, 2.24) is 10.4 Å². The molecule has 2 rings (SSSR count). The van der Waals surface area contributed by atoms with Crippen LogP contribution >= 0.6 is 0 Å². The first kappa shape index (κ1) is 19.1. The summed E-state index contributed by atoms with van der Waals surface area (Å²) >= 11 is 0. The van der Waals surface area contributed by atoms with Crippen LogP contribution in [0.4, 0.5) is 5.69 Å². The molecule has 0 spiro atoms. The van der Waals surface area contributed by atoms with Crippen LogP contribution in [0.2, 0.25) is 0 Å². The molecule has 4 N–H and O–H groups in total. The van der Waals surface area contributed by atoms with E-state index in [1.807, 2.05) is 6.07 Å². The van der Waals surface area contributed by atoms with Crippen LogP contribution in [-0.2, 0) is 0 Å². The van der Waals surface area contributed by atoms with Crippen LogP contribution < -0.4 is 10.3 Å². The molecule has 0 radical (unpaired) electrons. The Morgan fingerprint density at radius 3 is 2.50 bits per heavy atom. The van der Waals surface area contributed by atoms with Crippen molar-refractivity contribution in [1.29, 1.82) is 0 Å². The number of amides is 1. The highest BCUT2D eigenvalue weighted by Gasteiger charge is 2.06. The SMILES string of the molecule is CCN(CC)c1ccc(/C=N/NC(=O)c2ccncc2)c(O)c1.O. The number of anilines is 1. The summed E-state index contributed by atoms with van der Waals surface area (Å²) in [5.41, 5.74) is 4.37. The number of carbonyl (C=O) groups is 1. The van der Waals surface area contributed by atoms with Gasteiger partial charge >= 0.3 is 0 Å². The summed E-state index contributed by atoms with van der Waals surface area (Å²) in [4.78, 5) is 17.8. The normalized spacial score (nSPS) is 10.2. The lowest BCUT2D eigenvalue weighted by Crippen LogP contribution is -2.21. The first-order valence-corrected chi connectivity index (χ1v) is 7.47. The molecule has 0 aliphatic carbocycles. The lowest BCUT2D eigenvalue weighted by molar-refractivity contribution is 0.0955. The van der Waals surface area contributed by atoms with Gasteiger partial charge in [0.05, 0.1) is 6.21 Å². The van der Waals surface area contributed by atoms with E-state index in [4.69, 9.17) is 0 Å². The van der Waals surface area contributed by atoms with Crippen molar-refractivity contribution in [3.63, 3.8) is 0 Å². The number of benzene rings is 1. The zero-order chi connectivity index (χ0) is 16.7. The summed E-state index contributed by atoms with van der Waals surface area (Å²) < 4.78 is 0. The minimum Gasteiger partial charge on any atom is -0.507 e. The van der Waals surface area contributed by atoms with Gasteiger partial charge < -0.3 is 15.5 Å². The van der Waals surface area contributed by atoms with E-state index in [1.165, 1.54) is 18.6 Å². The Morgan fingerprint density at radius 1 is 1.25 bits per heavy atom. The second-order valence-corrected chi connectivity index (χ2v) is 4.85. The van der Waals surface area contributed by atoms with Crippen LogP contribution in [0.15, 0.2) is 47.8 Å². The van der Waals surface area contributed by atoms with E-state index in [-0.39, 0.29) is 17.1 Å². The lowest BCUT2D eigenvalue weighted by Gasteiger charge is -2.21. The van der Waals surface area contributed by atoms with E-state index in [0.29, 0.717) is 11.1 Å². The molecular weight excluding hydrogens is 308 g/mol. The van der Waals surface area contributed by atoms with Crippen LogP contribution in [0.3, 0.4) is 0 Å². The predicted molar refractivity (Wildman–Crippen MR) is 94.6 cm³/mol. The molecule has 1 heterocycles. The number of nitrogens with zero attached hydrogens (tertiary/aromatic N) is 3. The maximum Gasteiger partial charge on any atom is 0.271 e. The average molecular weight is 330 g/mol. The standard InChI is InChI=1S/C17H20N4O2.H2O/c1-3-21(4-2)15-6-5-14(16(22)11-15)12-19-20-17(23)13-7-9-18-10-8-13;/h5-12,22H,3-4H2,1-2H3,(H,20,23);1H2/b19-12+;. The molecule has 7 nitrogen and oxygen atoms in total. The molecule has 1 amide bonds. The number of phenolic OH excluding ortho intramolecular Hbond substituents is 1. The van der Waals surface area contributed by atoms with Gasteiger partial charge in [0.2, 0.25) is 0 Å². The smallest absolute Gasteiger partial charge is 0.271 e. The Balaban J connectivity index is 0.00000288. The number of carbonyl (C=O) groups excluding carboxylic acids is 1. The van der Waals surface area contributed by atoms with Crippen LogP contribution in [0.5, 0.6) is 5.75 Å². The molecular formula is C17H22N4O3. The van der Waals surface area contributed by atoms with Crippen molar-refractivity contribution in [2.45, 2.75) is 13.8 Å². The van der Waals surface area contributed by atoms with Crippen LogP contribution in [0.25, 0.3) is 0 Å². The number of aromatic hydroxyl groups is 1. The van der Waals surface area contributed by atoms with Crippen molar-refractivity contribution >= 4 is 17.8 Å². The molecule has 0 unspecified atom stereocenters. The molecule has 0 fully saturated rings. The monoisotopic (exact) mass is 330 g/mol. The van der Waals surface area contributed by atoms with Crippen LogP contribution in [0, 0.1) is 0 Å². The van der Waals surface area contributed by atoms with E-state index >= 15 is 0 Å². The second-order valence-electron chi connectivity index (χ2n) is 4.85. The van der Waals surface area contributed by atoms with Gasteiger partial charge in [-0.15, -0.1) is 0 Å². The molecule has 7 heteroatoms. The number of nitrogens with one attached hydrogen (secondary N) is 1. The van der Waals surface area contributed by atoms with E-state index in [2.05, 4.69) is 34.3 Å². The van der Waals surface area contributed by atoms with Crippen molar-refractivity contribution < 1.29 is 15.4 Å². The van der Waals surface area contributed by atoms with Gasteiger partial charge in [0.25, 0.3) is 5.91 Å². The van der Waals surface area contributed by atoms with Gasteiger partial charge in [-0.05, 0) is 38.1 Å². The summed E-state index contributed by atoms with van der Waals surface area (Å²) in [5.74, 6) is -0.209. The number of hydrazone groups is 1. The van der Waals surface area contributed by atoms with Gasteiger partial charge in [0.1, 0.15) is 5.75 Å². The molecule has 0 aliphatic heterocycles. The first-order chi connectivity index (χ1) is 11.2. The minimum atomic E-state index is -0.331.